The first-order chi connectivity index (χ1) is 13.9. The molecule has 4 rings (SSSR count). The molecule has 12 nitrogen and oxygen atoms in total. The Morgan fingerprint density at radius 3 is 2.63 bits per heavy atom. The van der Waals surface area contributed by atoms with Gasteiger partial charge < -0.3 is 45.3 Å². The number of esters is 1. The SMILES string of the molecule is N=C1NC2[C@H](CO)NC(=N)N3C[C@H](OC(=O)c4ccc(C(F)(F)F)o4)C(O)(O)[C@]23N1. The number of rotatable bonds is 3. The number of aliphatic hydroxyl groups excluding tert-OH is 1. The third-order valence-electron chi connectivity index (χ3n) is 5.38. The smallest absolute Gasteiger partial charge is 0.449 e. The molecule has 4 heterocycles. The van der Waals surface area contributed by atoms with Gasteiger partial charge in [-0.25, -0.2) is 4.79 Å². The second-order valence-corrected chi connectivity index (χ2v) is 7.06. The van der Waals surface area contributed by atoms with Gasteiger partial charge in [-0.2, -0.15) is 13.2 Å². The van der Waals surface area contributed by atoms with Gasteiger partial charge in [0.05, 0.1) is 25.2 Å². The van der Waals surface area contributed by atoms with Crippen molar-refractivity contribution in [2.75, 3.05) is 13.2 Å². The minimum absolute atomic E-state index is 0.333. The van der Waals surface area contributed by atoms with Gasteiger partial charge in [0.2, 0.25) is 17.3 Å². The number of hydrogen-bond acceptors (Lipinski definition) is 8. The Hall–Kier alpha value is -3.04. The maximum absolute atomic E-state index is 12.7. The molecule has 0 amide bonds. The molecule has 3 saturated heterocycles. The summed E-state index contributed by atoms with van der Waals surface area (Å²) in [7, 11) is 0. The van der Waals surface area contributed by atoms with E-state index in [-0.39, 0.29) is 11.9 Å². The van der Waals surface area contributed by atoms with Crippen LogP contribution in [-0.4, -0.2) is 80.9 Å². The van der Waals surface area contributed by atoms with Crippen LogP contribution in [-0.2, 0) is 10.9 Å². The van der Waals surface area contributed by atoms with Crippen LogP contribution >= 0.6 is 0 Å². The molecule has 0 aromatic carbocycles. The normalized spacial score (nSPS) is 32.1. The number of guanidine groups is 2. The van der Waals surface area contributed by atoms with Crippen LogP contribution in [0.5, 0.6) is 0 Å². The van der Waals surface area contributed by atoms with Gasteiger partial charge in [0, 0.05) is 0 Å². The van der Waals surface area contributed by atoms with Crippen molar-refractivity contribution in [1.82, 2.24) is 20.9 Å². The van der Waals surface area contributed by atoms with E-state index >= 15 is 0 Å². The van der Waals surface area contributed by atoms with Crippen molar-refractivity contribution in [3.63, 3.8) is 0 Å². The summed E-state index contributed by atoms with van der Waals surface area (Å²) in [6, 6.07) is -0.676. The van der Waals surface area contributed by atoms with Gasteiger partial charge in [-0.15, -0.1) is 0 Å². The van der Waals surface area contributed by atoms with Crippen LogP contribution in [0.15, 0.2) is 16.5 Å². The van der Waals surface area contributed by atoms with Crippen molar-refractivity contribution >= 4 is 17.9 Å². The number of carbonyl (C=O) groups excluding carboxylic acids is 1. The highest BCUT2D eigenvalue weighted by Crippen LogP contribution is 2.44. The summed E-state index contributed by atoms with van der Waals surface area (Å²) in [5, 5.41) is 55.1. The van der Waals surface area contributed by atoms with Crippen LogP contribution in [0.2, 0.25) is 0 Å². The predicted molar refractivity (Wildman–Crippen MR) is 89.0 cm³/mol. The molecule has 15 heteroatoms. The largest absolute Gasteiger partial charge is 0.449 e. The average molecular weight is 434 g/mol. The number of halogens is 3. The quantitative estimate of drug-likeness (QED) is 0.194. The van der Waals surface area contributed by atoms with E-state index in [2.05, 4.69) is 20.4 Å². The maximum atomic E-state index is 12.7. The molecule has 1 aromatic rings. The van der Waals surface area contributed by atoms with Gasteiger partial charge in [-0.3, -0.25) is 10.8 Å². The topological polar surface area (TPSA) is 187 Å². The minimum atomic E-state index is -4.82. The Balaban J connectivity index is 1.64. The minimum Gasteiger partial charge on any atom is -0.449 e. The summed E-state index contributed by atoms with van der Waals surface area (Å²) in [6.45, 7) is -0.980. The number of nitrogens with one attached hydrogen (secondary N) is 5. The summed E-state index contributed by atoms with van der Waals surface area (Å²) < 4.78 is 47.5. The van der Waals surface area contributed by atoms with E-state index in [1.54, 1.807) is 0 Å². The molecule has 1 aromatic heterocycles. The number of nitrogens with zero attached hydrogens (tertiary/aromatic N) is 1. The van der Waals surface area contributed by atoms with Crippen LogP contribution in [0.25, 0.3) is 0 Å². The Labute approximate surface area is 165 Å². The first-order valence-corrected chi connectivity index (χ1v) is 8.61. The van der Waals surface area contributed by atoms with Crippen LogP contribution in [0.4, 0.5) is 13.2 Å². The van der Waals surface area contributed by atoms with E-state index in [4.69, 9.17) is 15.6 Å². The zero-order valence-corrected chi connectivity index (χ0v) is 14.9. The van der Waals surface area contributed by atoms with E-state index in [9.17, 15) is 33.3 Å². The lowest BCUT2D eigenvalue weighted by atomic mass is 9.85. The van der Waals surface area contributed by atoms with Crippen LogP contribution in [0.1, 0.15) is 16.3 Å². The molecule has 0 radical (unpaired) electrons. The fraction of sp³-hybridized carbons (Fsp3) is 0.533. The molecule has 3 aliphatic heterocycles. The van der Waals surface area contributed by atoms with Crippen molar-refractivity contribution in [1.29, 1.82) is 10.8 Å². The standard InChI is InChI=1S/C15H17F3N6O6/c16-15(17,18)7-2-1-6(29-7)10(26)30-8-3-24-12(20)21-5(4-25)9-13(24,14(8,27)28)23-11(19)22-9/h1-2,5,8-9,25,27-28H,3-4H2,(H2,20,21)(H3,19,22,23)/t5-,8-,9?,13-/m0/s1. The van der Waals surface area contributed by atoms with Crippen LogP contribution in [0.3, 0.4) is 0 Å². The molecule has 0 bridgehead atoms. The maximum Gasteiger partial charge on any atom is 0.449 e. The second kappa shape index (κ2) is 6.23. The Kier molecular flexibility index (Phi) is 4.20. The first-order valence-electron chi connectivity index (χ1n) is 8.61. The number of aliphatic hydroxyl groups is 3. The molecule has 1 unspecified atom stereocenters. The predicted octanol–water partition coefficient (Wildman–Crippen LogP) is -2.09. The van der Waals surface area contributed by atoms with E-state index < -0.39 is 66.5 Å². The average Bonchev–Trinajstić information content (AvgIpc) is 3.32. The number of carbonyl (C=O) groups is 1. The number of hydrogen-bond donors (Lipinski definition) is 8. The fourth-order valence-electron chi connectivity index (χ4n) is 4.06. The first kappa shape index (κ1) is 20.2. The Morgan fingerprint density at radius 1 is 1.33 bits per heavy atom. The summed E-state index contributed by atoms with van der Waals surface area (Å²) in [5.74, 6) is -7.20. The summed E-state index contributed by atoms with van der Waals surface area (Å²) >= 11 is 0. The van der Waals surface area contributed by atoms with Crippen molar-refractivity contribution in [3.8, 4) is 0 Å². The van der Waals surface area contributed by atoms with E-state index in [0.717, 1.165) is 11.0 Å². The van der Waals surface area contributed by atoms with Crippen molar-refractivity contribution < 1.29 is 42.4 Å². The highest BCUT2D eigenvalue weighted by Gasteiger charge is 2.75. The monoisotopic (exact) mass is 434 g/mol. The molecule has 0 aliphatic carbocycles. The third kappa shape index (κ3) is 2.62. The van der Waals surface area contributed by atoms with Gasteiger partial charge in [-0.1, -0.05) is 0 Å². The van der Waals surface area contributed by atoms with Crippen molar-refractivity contribution in [2.24, 2.45) is 0 Å². The van der Waals surface area contributed by atoms with Gasteiger partial charge in [0.25, 0.3) is 0 Å². The fourth-order valence-corrected chi connectivity index (χ4v) is 4.06. The number of furan rings is 1. The summed E-state index contributed by atoms with van der Waals surface area (Å²) in [5.41, 5.74) is -1.97. The van der Waals surface area contributed by atoms with E-state index in [1.807, 2.05) is 0 Å². The Morgan fingerprint density at radius 2 is 2.03 bits per heavy atom. The molecule has 164 valence electrons. The lowest BCUT2D eigenvalue weighted by molar-refractivity contribution is -0.258. The summed E-state index contributed by atoms with van der Waals surface area (Å²) in [4.78, 5) is 13.4. The molecule has 0 saturated carbocycles. The zero-order chi connectivity index (χ0) is 22.1. The van der Waals surface area contributed by atoms with Crippen LogP contribution < -0.4 is 16.0 Å². The van der Waals surface area contributed by atoms with Gasteiger partial charge in [0.15, 0.2) is 23.7 Å². The second-order valence-electron chi connectivity index (χ2n) is 7.06. The van der Waals surface area contributed by atoms with E-state index in [0.29, 0.717) is 6.07 Å². The molecule has 3 aliphatic rings. The van der Waals surface area contributed by atoms with Crippen molar-refractivity contribution in [2.45, 2.75) is 35.8 Å². The van der Waals surface area contributed by atoms with Gasteiger partial charge in [-0.05, 0) is 12.1 Å². The van der Waals surface area contributed by atoms with Gasteiger partial charge >= 0.3 is 12.1 Å². The molecule has 4 atom stereocenters. The molecular weight excluding hydrogens is 417 g/mol. The molecule has 1 spiro atoms. The zero-order valence-electron chi connectivity index (χ0n) is 14.9. The lowest BCUT2D eigenvalue weighted by Gasteiger charge is -2.50. The molecule has 3 fully saturated rings. The number of ether oxygens (including phenoxy) is 1. The Bertz CT molecular complexity index is 919. The molecule has 8 N–H and O–H groups in total. The lowest BCUT2D eigenvalue weighted by Crippen LogP contribution is -2.80. The highest BCUT2D eigenvalue weighted by atomic mass is 19.4. The summed E-state index contributed by atoms with van der Waals surface area (Å²) in [6.07, 6.45) is -6.57. The van der Waals surface area contributed by atoms with Gasteiger partial charge in [0.1, 0.15) is 0 Å². The van der Waals surface area contributed by atoms with Crippen LogP contribution in [0, 0.1) is 10.8 Å². The molecule has 30 heavy (non-hydrogen) atoms. The number of alkyl halides is 3. The van der Waals surface area contributed by atoms with Crippen molar-refractivity contribution in [3.05, 3.63) is 23.7 Å². The third-order valence-corrected chi connectivity index (χ3v) is 5.38. The molecular formula is C15H17F3N6O6. The highest BCUT2D eigenvalue weighted by molar-refractivity contribution is 5.88. The van der Waals surface area contributed by atoms with E-state index in [1.165, 1.54) is 0 Å².